The molecule has 2 amide bonds. The van der Waals surface area contributed by atoms with E-state index in [4.69, 9.17) is 11.6 Å². The molecule has 0 spiro atoms. The number of hydrogen-bond donors (Lipinski definition) is 0. The van der Waals surface area contributed by atoms with Gasteiger partial charge in [-0.05, 0) is 18.2 Å². The van der Waals surface area contributed by atoms with E-state index < -0.39 is 16.7 Å². The van der Waals surface area contributed by atoms with E-state index in [-0.39, 0.29) is 23.4 Å². The van der Waals surface area contributed by atoms with Gasteiger partial charge in [0.15, 0.2) is 0 Å². The lowest BCUT2D eigenvalue weighted by Crippen LogP contribution is -2.28. The first-order valence-corrected chi connectivity index (χ1v) is 7.05. The summed E-state index contributed by atoms with van der Waals surface area (Å²) in [5, 5.41) is 10.7. The largest absolute Gasteiger partial charge is 0.270 e. The van der Waals surface area contributed by atoms with E-state index in [0.717, 1.165) is 15.8 Å². The molecule has 0 aliphatic carbocycles. The molecular weight excluding hydrogens is 316 g/mol. The van der Waals surface area contributed by atoms with Crippen molar-refractivity contribution in [2.75, 3.05) is 0 Å². The highest BCUT2D eigenvalue weighted by Crippen LogP contribution is 2.30. The number of nitrogens with zero attached hydrogens (tertiary/aromatic N) is 2. The summed E-state index contributed by atoms with van der Waals surface area (Å²) in [6.07, 6.45) is 0. The second kappa shape index (κ2) is 4.94. The number of carbonyl (C=O) groups is 2. The molecular formula is C13H7ClN2O4S. The summed E-state index contributed by atoms with van der Waals surface area (Å²) in [7, 11) is 0. The van der Waals surface area contributed by atoms with Crippen LogP contribution >= 0.6 is 22.9 Å². The number of halogens is 1. The van der Waals surface area contributed by atoms with Gasteiger partial charge in [0, 0.05) is 17.0 Å². The minimum atomic E-state index is -0.597. The van der Waals surface area contributed by atoms with Gasteiger partial charge in [-0.2, -0.15) is 0 Å². The minimum Gasteiger partial charge on any atom is -0.269 e. The molecule has 0 fully saturated rings. The van der Waals surface area contributed by atoms with Crippen molar-refractivity contribution in [3.8, 4) is 0 Å². The monoisotopic (exact) mass is 322 g/mol. The van der Waals surface area contributed by atoms with E-state index in [1.807, 2.05) is 0 Å². The van der Waals surface area contributed by atoms with Crippen molar-refractivity contribution in [2.24, 2.45) is 0 Å². The third kappa shape index (κ3) is 2.30. The number of amides is 2. The molecule has 0 atom stereocenters. The predicted octanol–water partition coefficient (Wildman–Crippen LogP) is 3.11. The van der Waals surface area contributed by atoms with Crippen molar-refractivity contribution in [3.05, 3.63) is 60.8 Å². The summed E-state index contributed by atoms with van der Waals surface area (Å²) in [5.74, 6) is -0.974. The Balaban J connectivity index is 1.94. The van der Waals surface area contributed by atoms with Crippen molar-refractivity contribution < 1.29 is 14.5 Å². The molecule has 2 aromatic rings. The van der Waals surface area contributed by atoms with Crippen molar-refractivity contribution in [3.63, 3.8) is 0 Å². The van der Waals surface area contributed by atoms with Crippen molar-refractivity contribution in [1.29, 1.82) is 0 Å². The number of nitro groups is 1. The summed E-state index contributed by atoms with van der Waals surface area (Å²) >= 11 is 7.10. The first-order valence-electron chi connectivity index (χ1n) is 5.86. The number of nitro benzene ring substituents is 1. The van der Waals surface area contributed by atoms with Crippen LogP contribution in [0.1, 0.15) is 25.6 Å². The van der Waals surface area contributed by atoms with E-state index in [2.05, 4.69) is 0 Å². The SMILES string of the molecule is O=C1c2ccc([N+](=O)[O-])cc2C(=O)N1Cc1ccc(Cl)s1. The van der Waals surface area contributed by atoms with E-state index >= 15 is 0 Å². The van der Waals surface area contributed by atoms with Crippen LogP contribution in [-0.2, 0) is 6.54 Å². The Bertz CT molecular complexity index is 786. The molecule has 8 heteroatoms. The molecule has 21 heavy (non-hydrogen) atoms. The van der Waals surface area contributed by atoms with Crippen LogP contribution < -0.4 is 0 Å². The summed E-state index contributed by atoms with van der Waals surface area (Å²) in [6.45, 7) is 0.109. The number of non-ortho nitro benzene ring substituents is 1. The minimum absolute atomic E-state index is 0.0665. The van der Waals surface area contributed by atoms with Crippen LogP contribution in [0.2, 0.25) is 4.34 Å². The van der Waals surface area contributed by atoms with Gasteiger partial charge in [0.05, 0.1) is 26.9 Å². The quantitative estimate of drug-likeness (QED) is 0.494. The van der Waals surface area contributed by atoms with Crippen LogP contribution in [0.25, 0.3) is 0 Å². The molecule has 1 aliphatic heterocycles. The smallest absolute Gasteiger partial charge is 0.269 e. The normalized spacial score (nSPS) is 13.7. The maximum atomic E-state index is 12.2. The number of imide groups is 1. The van der Waals surface area contributed by atoms with Gasteiger partial charge in [0.25, 0.3) is 17.5 Å². The average molecular weight is 323 g/mol. The van der Waals surface area contributed by atoms with Crippen molar-refractivity contribution >= 4 is 40.4 Å². The maximum Gasteiger partial charge on any atom is 0.270 e. The Hall–Kier alpha value is -2.25. The van der Waals surface area contributed by atoms with Gasteiger partial charge in [0.2, 0.25) is 0 Å². The third-order valence-corrected chi connectivity index (χ3v) is 4.32. The number of hydrogen-bond acceptors (Lipinski definition) is 5. The second-order valence-electron chi connectivity index (χ2n) is 4.39. The second-order valence-corrected chi connectivity index (χ2v) is 6.19. The van der Waals surface area contributed by atoms with Gasteiger partial charge in [-0.15, -0.1) is 11.3 Å². The molecule has 1 aromatic heterocycles. The number of fused-ring (bicyclic) bond motifs is 1. The molecule has 0 N–H and O–H groups in total. The molecule has 0 bridgehead atoms. The van der Waals surface area contributed by atoms with Crippen LogP contribution in [0, 0.1) is 10.1 Å². The topological polar surface area (TPSA) is 80.5 Å². The Morgan fingerprint density at radius 1 is 1.14 bits per heavy atom. The van der Waals surface area contributed by atoms with Gasteiger partial charge < -0.3 is 0 Å². The van der Waals surface area contributed by atoms with Crippen LogP contribution in [-0.4, -0.2) is 21.6 Å². The molecule has 0 unspecified atom stereocenters. The molecule has 6 nitrogen and oxygen atoms in total. The van der Waals surface area contributed by atoms with Crippen LogP contribution in [0.5, 0.6) is 0 Å². The zero-order valence-corrected chi connectivity index (χ0v) is 12.0. The molecule has 0 saturated heterocycles. The lowest BCUT2D eigenvalue weighted by atomic mass is 10.1. The fourth-order valence-electron chi connectivity index (χ4n) is 2.13. The van der Waals surface area contributed by atoms with E-state index in [9.17, 15) is 19.7 Å². The van der Waals surface area contributed by atoms with E-state index in [1.54, 1.807) is 12.1 Å². The zero-order valence-electron chi connectivity index (χ0n) is 10.4. The molecule has 106 valence electrons. The fraction of sp³-hybridized carbons (Fsp3) is 0.0769. The number of benzene rings is 1. The summed E-state index contributed by atoms with van der Waals surface area (Å²) in [4.78, 5) is 36.4. The molecule has 0 saturated carbocycles. The first-order chi connectivity index (χ1) is 9.97. The summed E-state index contributed by atoms with van der Waals surface area (Å²) in [6, 6.07) is 7.09. The highest BCUT2D eigenvalue weighted by atomic mass is 35.5. The lowest BCUT2D eigenvalue weighted by Gasteiger charge is -2.11. The van der Waals surface area contributed by atoms with Gasteiger partial charge in [-0.25, -0.2) is 0 Å². The lowest BCUT2D eigenvalue weighted by molar-refractivity contribution is -0.384. The highest BCUT2D eigenvalue weighted by molar-refractivity contribution is 7.16. The Morgan fingerprint density at radius 2 is 1.86 bits per heavy atom. The Labute approximate surface area is 127 Å². The summed E-state index contributed by atoms with van der Waals surface area (Å²) < 4.78 is 0.567. The molecule has 3 rings (SSSR count). The van der Waals surface area contributed by atoms with Crippen LogP contribution in [0.4, 0.5) is 5.69 Å². The zero-order chi connectivity index (χ0) is 15.1. The van der Waals surface area contributed by atoms with Crippen LogP contribution in [0.3, 0.4) is 0 Å². The summed E-state index contributed by atoms with van der Waals surface area (Å²) in [5.41, 5.74) is 0.0426. The van der Waals surface area contributed by atoms with Crippen LogP contribution in [0.15, 0.2) is 30.3 Å². The van der Waals surface area contributed by atoms with Crippen molar-refractivity contribution in [2.45, 2.75) is 6.54 Å². The maximum absolute atomic E-state index is 12.2. The first kappa shape index (κ1) is 13.7. The molecule has 1 aliphatic rings. The number of carbonyl (C=O) groups excluding carboxylic acids is 2. The van der Waals surface area contributed by atoms with Gasteiger partial charge >= 0.3 is 0 Å². The molecule has 1 aromatic carbocycles. The number of rotatable bonds is 3. The van der Waals surface area contributed by atoms with Gasteiger partial charge in [-0.1, -0.05) is 11.6 Å². The Kier molecular flexibility index (Phi) is 3.23. The van der Waals surface area contributed by atoms with E-state index in [0.29, 0.717) is 4.34 Å². The Morgan fingerprint density at radius 3 is 2.48 bits per heavy atom. The van der Waals surface area contributed by atoms with Crippen molar-refractivity contribution in [1.82, 2.24) is 4.90 Å². The molecule has 0 radical (unpaired) electrons. The highest BCUT2D eigenvalue weighted by Gasteiger charge is 2.36. The van der Waals surface area contributed by atoms with Gasteiger partial charge in [0.1, 0.15) is 0 Å². The van der Waals surface area contributed by atoms with Gasteiger partial charge in [-0.3, -0.25) is 24.6 Å². The predicted molar refractivity (Wildman–Crippen MR) is 76.6 cm³/mol. The third-order valence-electron chi connectivity index (χ3n) is 3.11. The molecule has 2 heterocycles. The average Bonchev–Trinajstić information content (AvgIpc) is 2.96. The standard InChI is InChI=1S/C13H7ClN2O4S/c14-11-4-2-8(21-11)6-15-12(17)9-3-1-7(16(19)20)5-10(9)13(15)18/h1-5H,6H2. The van der Waals surface area contributed by atoms with E-state index in [1.165, 1.54) is 23.5 Å². The number of thiophene rings is 1. The fourth-order valence-corrected chi connectivity index (χ4v) is 3.21.